The van der Waals surface area contributed by atoms with Crippen molar-refractivity contribution in [2.75, 3.05) is 5.73 Å². The quantitative estimate of drug-likeness (QED) is 0.272. The molecule has 0 aliphatic heterocycles. The molecule has 0 radical (unpaired) electrons. The van der Waals surface area contributed by atoms with Crippen molar-refractivity contribution < 1.29 is 0 Å². The summed E-state index contributed by atoms with van der Waals surface area (Å²) in [4.78, 5) is 0. The molecule has 1 unspecified atom stereocenters. The van der Waals surface area contributed by atoms with E-state index in [-0.39, 0.29) is 6.04 Å². The van der Waals surface area contributed by atoms with E-state index in [1.54, 1.807) is 12.3 Å². The van der Waals surface area contributed by atoms with E-state index in [1.807, 2.05) is 0 Å². The Morgan fingerprint density at radius 1 is 1.82 bits per heavy atom. The van der Waals surface area contributed by atoms with Crippen LogP contribution in [0.4, 0.5) is 5.82 Å². The lowest BCUT2D eigenvalue weighted by atomic mass is 10.1. The summed E-state index contributed by atoms with van der Waals surface area (Å²) < 4.78 is 0. The number of nitrogen functional groups attached to an aromatic ring is 1. The molecule has 11 heavy (non-hydrogen) atoms. The zero-order valence-electron chi connectivity index (χ0n) is 6.04. The van der Waals surface area contributed by atoms with Crippen LogP contribution in [0.2, 0.25) is 0 Å². The molecule has 0 saturated carbocycles. The van der Waals surface area contributed by atoms with Crippen LogP contribution < -0.4 is 17.0 Å². The fourth-order valence-electron chi connectivity index (χ4n) is 0.838. The van der Waals surface area contributed by atoms with Crippen molar-refractivity contribution in [3.8, 4) is 0 Å². The van der Waals surface area contributed by atoms with Crippen LogP contribution in [0, 0.1) is 0 Å². The van der Waals surface area contributed by atoms with E-state index < -0.39 is 0 Å². The van der Waals surface area contributed by atoms with E-state index in [9.17, 15) is 0 Å². The summed E-state index contributed by atoms with van der Waals surface area (Å²) in [6, 6.07) is -0.145. The predicted octanol–water partition coefficient (Wildman–Crippen LogP) is -0.318. The van der Waals surface area contributed by atoms with Crippen molar-refractivity contribution in [2.45, 2.75) is 6.04 Å². The van der Waals surface area contributed by atoms with Gasteiger partial charge in [0, 0.05) is 5.56 Å². The number of rotatable bonds is 3. The Hall–Kier alpha value is -1.33. The van der Waals surface area contributed by atoms with Gasteiger partial charge in [0.2, 0.25) is 0 Å². The molecule has 0 fully saturated rings. The second-order valence-electron chi connectivity index (χ2n) is 2.12. The van der Waals surface area contributed by atoms with Crippen LogP contribution >= 0.6 is 0 Å². The van der Waals surface area contributed by atoms with Crippen LogP contribution in [-0.2, 0) is 0 Å². The number of nitrogens with two attached hydrogens (primary N) is 2. The number of nitrogens with one attached hydrogen (secondary N) is 2. The Balaban J connectivity index is 2.89. The fraction of sp³-hybridized carbons (Fsp3) is 0.167. The van der Waals surface area contributed by atoms with E-state index in [4.69, 9.17) is 11.6 Å². The van der Waals surface area contributed by atoms with Gasteiger partial charge in [-0.1, -0.05) is 6.08 Å². The molecule has 5 heteroatoms. The number of hydrogen-bond acceptors (Lipinski definition) is 4. The first-order chi connectivity index (χ1) is 5.29. The largest absolute Gasteiger partial charge is 0.384 e. The number of hydrogen-bond donors (Lipinski definition) is 4. The van der Waals surface area contributed by atoms with Crippen LogP contribution in [0.5, 0.6) is 0 Å². The van der Waals surface area contributed by atoms with Crippen molar-refractivity contribution in [3.63, 3.8) is 0 Å². The average molecular weight is 153 g/mol. The molecule has 1 aromatic rings. The minimum absolute atomic E-state index is 0.145. The molecule has 0 aliphatic carbocycles. The molecule has 1 rings (SSSR count). The molecule has 0 amide bonds. The van der Waals surface area contributed by atoms with Crippen molar-refractivity contribution >= 4 is 5.82 Å². The third-order valence-corrected chi connectivity index (χ3v) is 1.45. The predicted molar refractivity (Wildman–Crippen MR) is 43.3 cm³/mol. The normalized spacial score (nSPS) is 12.8. The standard InChI is InChI=1S/C6H11N5/c1-2-5(10-8)4-3-9-11-6(4)7/h2-3,5,10H,1,8H2,(H3,7,9,11). The molecule has 1 heterocycles. The van der Waals surface area contributed by atoms with Gasteiger partial charge in [-0.05, 0) is 0 Å². The Bertz CT molecular complexity index is 241. The smallest absolute Gasteiger partial charge is 0.123 e. The maximum absolute atomic E-state index is 5.53. The second kappa shape index (κ2) is 3.18. The van der Waals surface area contributed by atoms with Gasteiger partial charge in [-0.2, -0.15) is 5.10 Å². The summed E-state index contributed by atoms with van der Waals surface area (Å²) in [6.45, 7) is 3.59. The maximum Gasteiger partial charge on any atom is 0.123 e. The fourth-order valence-corrected chi connectivity index (χ4v) is 0.838. The van der Waals surface area contributed by atoms with Crippen LogP contribution in [-0.4, -0.2) is 10.2 Å². The molecule has 1 atom stereocenters. The molecule has 1 aromatic heterocycles. The summed E-state index contributed by atoms with van der Waals surface area (Å²) >= 11 is 0. The highest BCUT2D eigenvalue weighted by molar-refractivity contribution is 5.40. The molecule has 6 N–H and O–H groups in total. The topological polar surface area (TPSA) is 92.7 Å². The van der Waals surface area contributed by atoms with E-state index in [1.165, 1.54) is 0 Å². The molecular weight excluding hydrogens is 142 g/mol. The third-order valence-electron chi connectivity index (χ3n) is 1.45. The highest BCUT2D eigenvalue weighted by atomic mass is 15.2. The highest BCUT2D eigenvalue weighted by Gasteiger charge is 2.09. The Kier molecular flexibility index (Phi) is 2.25. The van der Waals surface area contributed by atoms with Gasteiger partial charge in [0.1, 0.15) is 5.82 Å². The van der Waals surface area contributed by atoms with Gasteiger partial charge in [0.05, 0.1) is 12.2 Å². The molecule has 0 bridgehead atoms. The number of aromatic amines is 1. The van der Waals surface area contributed by atoms with Crippen LogP contribution in [0.25, 0.3) is 0 Å². The van der Waals surface area contributed by atoms with Crippen molar-refractivity contribution in [1.82, 2.24) is 15.6 Å². The summed E-state index contributed by atoms with van der Waals surface area (Å²) in [5, 5.41) is 6.35. The van der Waals surface area contributed by atoms with Crippen LogP contribution in [0.1, 0.15) is 11.6 Å². The molecular formula is C6H11N5. The average Bonchev–Trinajstić information content (AvgIpc) is 2.40. The lowest BCUT2D eigenvalue weighted by Crippen LogP contribution is -2.26. The summed E-state index contributed by atoms with van der Waals surface area (Å²) in [5.74, 6) is 5.73. The second-order valence-corrected chi connectivity index (χ2v) is 2.12. The van der Waals surface area contributed by atoms with Gasteiger partial charge >= 0.3 is 0 Å². The van der Waals surface area contributed by atoms with Gasteiger partial charge in [0.15, 0.2) is 0 Å². The summed E-state index contributed by atoms with van der Waals surface area (Å²) in [5.41, 5.74) is 8.88. The van der Waals surface area contributed by atoms with Gasteiger partial charge < -0.3 is 5.73 Å². The number of hydrazine groups is 1. The lowest BCUT2D eigenvalue weighted by molar-refractivity contribution is 0.658. The van der Waals surface area contributed by atoms with Gasteiger partial charge in [0.25, 0.3) is 0 Å². The van der Waals surface area contributed by atoms with Gasteiger partial charge in [-0.25, -0.2) is 5.43 Å². The number of anilines is 1. The molecule has 60 valence electrons. The first-order valence-corrected chi connectivity index (χ1v) is 3.17. The number of aromatic nitrogens is 2. The Morgan fingerprint density at radius 3 is 2.91 bits per heavy atom. The summed E-state index contributed by atoms with van der Waals surface area (Å²) in [6.07, 6.45) is 3.27. The minimum atomic E-state index is -0.145. The lowest BCUT2D eigenvalue weighted by Gasteiger charge is -2.08. The first kappa shape index (κ1) is 7.77. The highest BCUT2D eigenvalue weighted by Crippen LogP contribution is 2.16. The van der Waals surface area contributed by atoms with E-state index in [0.717, 1.165) is 5.56 Å². The van der Waals surface area contributed by atoms with E-state index in [2.05, 4.69) is 22.2 Å². The van der Waals surface area contributed by atoms with Gasteiger partial charge in [-0.3, -0.25) is 10.9 Å². The molecule has 0 spiro atoms. The van der Waals surface area contributed by atoms with Crippen LogP contribution in [0.3, 0.4) is 0 Å². The van der Waals surface area contributed by atoms with Crippen molar-refractivity contribution in [3.05, 3.63) is 24.4 Å². The SMILES string of the molecule is C=CC(NN)c1cn[nH]c1N. The molecule has 0 saturated heterocycles. The molecule has 0 aliphatic rings. The first-order valence-electron chi connectivity index (χ1n) is 3.17. The number of H-pyrrole nitrogens is 1. The van der Waals surface area contributed by atoms with Crippen molar-refractivity contribution in [1.29, 1.82) is 0 Å². The zero-order valence-corrected chi connectivity index (χ0v) is 6.04. The van der Waals surface area contributed by atoms with Crippen molar-refractivity contribution in [2.24, 2.45) is 5.84 Å². The Morgan fingerprint density at radius 2 is 2.55 bits per heavy atom. The summed E-state index contributed by atoms with van der Waals surface area (Å²) in [7, 11) is 0. The third kappa shape index (κ3) is 1.39. The van der Waals surface area contributed by atoms with Crippen LogP contribution in [0.15, 0.2) is 18.9 Å². The van der Waals surface area contributed by atoms with Gasteiger partial charge in [-0.15, -0.1) is 6.58 Å². The molecule has 0 aromatic carbocycles. The monoisotopic (exact) mass is 153 g/mol. The minimum Gasteiger partial charge on any atom is -0.384 e. The van der Waals surface area contributed by atoms with E-state index >= 15 is 0 Å². The Labute approximate surface area is 64.4 Å². The zero-order chi connectivity index (χ0) is 8.27. The molecule has 5 nitrogen and oxygen atoms in total. The number of nitrogens with zero attached hydrogens (tertiary/aromatic N) is 1. The van der Waals surface area contributed by atoms with E-state index in [0.29, 0.717) is 5.82 Å². The maximum atomic E-state index is 5.53.